The van der Waals surface area contributed by atoms with Gasteiger partial charge in [0.15, 0.2) is 0 Å². The van der Waals surface area contributed by atoms with E-state index in [1.165, 1.54) is 12.0 Å². The molecule has 1 aromatic rings. The molecule has 0 aliphatic rings. The Morgan fingerprint density at radius 3 is 2.48 bits per heavy atom. The van der Waals surface area contributed by atoms with Gasteiger partial charge in [-0.3, -0.25) is 4.98 Å². The smallest absolute Gasteiger partial charge is 0.0544 e. The number of hydrogen-bond acceptors (Lipinski definition) is 4. The molecule has 120 valence electrons. The van der Waals surface area contributed by atoms with E-state index < -0.39 is 0 Å². The van der Waals surface area contributed by atoms with Crippen LogP contribution >= 0.6 is 0 Å². The lowest BCUT2D eigenvalue weighted by atomic mass is 10.2. The Morgan fingerprint density at radius 1 is 1.14 bits per heavy atom. The van der Waals surface area contributed by atoms with Gasteiger partial charge in [-0.05, 0) is 64.7 Å². The third kappa shape index (κ3) is 8.81. The third-order valence-electron chi connectivity index (χ3n) is 3.34. The lowest BCUT2D eigenvalue weighted by Gasteiger charge is -2.17. The maximum atomic E-state index is 4.57. The highest BCUT2D eigenvalue weighted by molar-refractivity contribution is 5.13. The number of aromatic nitrogens is 1. The van der Waals surface area contributed by atoms with Crippen molar-refractivity contribution in [1.29, 1.82) is 0 Å². The van der Waals surface area contributed by atoms with E-state index in [-0.39, 0.29) is 0 Å². The predicted molar refractivity (Wildman–Crippen MR) is 90.3 cm³/mol. The Kier molecular flexibility index (Phi) is 8.50. The van der Waals surface area contributed by atoms with Crippen LogP contribution in [0.25, 0.3) is 0 Å². The van der Waals surface area contributed by atoms with Crippen molar-refractivity contribution < 1.29 is 0 Å². The van der Waals surface area contributed by atoms with Gasteiger partial charge in [-0.1, -0.05) is 19.9 Å². The molecular formula is C17H32N4. The SMILES string of the molecule is CC(C)CNCc1ccc(CN(C)CCCN(C)C)nc1. The summed E-state index contributed by atoms with van der Waals surface area (Å²) in [5.41, 5.74) is 2.41. The van der Waals surface area contributed by atoms with Crippen molar-refractivity contribution in [2.45, 2.75) is 33.4 Å². The molecule has 0 aliphatic heterocycles. The Hall–Kier alpha value is -0.970. The first-order chi connectivity index (χ1) is 9.97. The summed E-state index contributed by atoms with van der Waals surface area (Å²) in [7, 11) is 6.40. The van der Waals surface area contributed by atoms with Gasteiger partial charge in [0.1, 0.15) is 0 Å². The Bertz CT molecular complexity index is 373. The standard InChI is InChI=1S/C17H32N4/c1-15(2)11-18-12-16-7-8-17(19-13-16)14-21(5)10-6-9-20(3)4/h7-8,13,15,18H,6,9-12,14H2,1-5H3. The van der Waals surface area contributed by atoms with Gasteiger partial charge in [-0.2, -0.15) is 0 Å². The summed E-state index contributed by atoms with van der Waals surface area (Å²) >= 11 is 0. The van der Waals surface area contributed by atoms with Crippen LogP contribution in [0.2, 0.25) is 0 Å². The molecule has 21 heavy (non-hydrogen) atoms. The molecule has 0 saturated heterocycles. The van der Waals surface area contributed by atoms with E-state index in [1.807, 2.05) is 6.20 Å². The number of nitrogens with zero attached hydrogens (tertiary/aromatic N) is 3. The molecule has 0 saturated carbocycles. The maximum absolute atomic E-state index is 4.57. The van der Waals surface area contributed by atoms with Crippen molar-refractivity contribution in [1.82, 2.24) is 20.1 Å². The fraction of sp³-hybridized carbons (Fsp3) is 0.706. The van der Waals surface area contributed by atoms with Crippen LogP contribution < -0.4 is 5.32 Å². The molecule has 0 aliphatic carbocycles. The Morgan fingerprint density at radius 2 is 1.90 bits per heavy atom. The van der Waals surface area contributed by atoms with Crippen molar-refractivity contribution >= 4 is 0 Å². The average molecular weight is 292 g/mol. The highest BCUT2D eigenvalue weighted by Gasteiger charge is 2.02. The molecule has 0 radical (unpaired) electrons. The average Bonchev–Trinajstić information content (AvgIpc) is 2.40. The lowest BCUT2D eigenvalue weighted by Crippen LogP contribution is -2.24. The molecule has 0 fully saturated rings. The first-order valence-corrected chi connectivity index (χ1v) is 7.95. The first-order valence-electron chi connectivity index (χ1n) is 7.95. The van der Waals surface area contributed by atoms with E-state index in [1.54, 1.807) is 0 Å². The summed E-state index contributed by atoms with van der Waals surface area (Å²) in [6, 6.07) is 4.33. The monoisotopic (exact) mass is 292 g/mol. The van der Waals surface area contributed by atoms with Crippen LogP contribution in [0.15, 0.2) is 18.3 Å². The molecule has 1 rings (SSSR count). The van der Waals surface area contributed by atoms with Crippen LogP contribution in [0.3, 0.4) is 0 Å². The number of hydrogen-bond donors (Lipinski definition) is 1. The van der Waals surface area contributed by atoms with Crippen molar-refractivity contribution in [3.63, 3.8) is 0 Å². The van der Waals surface area contributed by atoms with E-state index in [0.717, 1.165) is 38.4 Å². The topological polar surface area (TPSA) is 31.4 Å². The van der Waals surface area contributed by atoms with Crippen LogP contribution in [0.4, 0.5) is 0 Å². The molecule has 0 bridgehead atoms. The normalized spacial score (nSPS) is 11.8. The quantitative estimate of drug-likeness (QED) is 0.716. The summed E-state index contributed by atoms with van der Waals surface area (Å²) in [6.45, 7) is 9.57. The third-order valence-corrected chi connectivity index (χ3v) is 3.34. The van der Waals surface area contributed by atoms with Gasteiger partial charge < -0.3 is 15.1 Å². The molecule has 4 nitrogen and oxygen atoms in total. The molecule has 0 unspecified atom stereocenters. The van der Waals surface area contributed by atoms with E-state index in [0.29, 0.717) is 5.92 Å². The van der Waals surface area contributed by atoms with Crippen LogP contribution in [0.1, 0.15) is 31.5 Å². The van der Waals surface area contributed by atoms with Gasteiger partial charge in [0.2, 0.25) is 0 Å². The fourth-order valence-corrected chi connectivity index (χ4v) is 2.17. The minimum absolute atomic E-state index is 0.688. The molecule has 1 heterocycles. The summed E-state index contributed by atoms with van der Waals surface area (Å²) in [6.07, 6.45) is 3.19. The molecule has 0 aromatic carbocycles. The van der Waals surface area contributed by atoms with Crippen LogP contribution in [-0.4, -0.2) is 55.6 Å². The van der Waals surface area contributed by atoms with Crippen LogP contribution in [0.5, 0.6) is 0 Å². The Labute approximate surface area is 130 Å². The Balaban J connectivity index is 2.29. The van der Waals surface area contributed by atoms with Crippen LogP contribution in [-0.2, 0) is 13.1 Å². The maximum Gasteiger partial charge on any atom is 0.0544 e. The minimum atomic E-state index is 0.688. The van der Waals surface area contributed by atoms with Gasteiger partial charge in [0.05, 0.1) is 5.69 Å². The summed E-state index contributed by atoms with van der Waals surface area (Å²) in [5.74, 6) is 0.688. The number of pyridine rings is 1. The predicted octanol–water partition coefficient (Wildman–Crippen LogP) is 2.21. The van der Waals surface area contributed by atoms with Gasteiger partial charge in [0.25, 0.3) is 0 Å². The van der Waals surface area contributed by atoms with E-state index >= 15 is 0 Å². The molecule has 0 spiro atoms. The summed E-state index contributed by atoms with van der Waals surface area (Å²) < 4.78 is 0. The second-order valence-electron chi connectivity index (χ2n) is 6.58. The largest absolute Gasteiger partial charge is 0.312 e. The van der Waals surface area contributed by atoms with Gasteiger partial charge in [-0.25, -0.2) is 0 Å². The molecule has 1 aromatic heterocycles. The van der Waals surface area contributed by atoms with Crippen molar-refractivity contribution in [3.8, 4) is 0 Å². The zero-order valence-electron chi connectivity index (χ0n) is 14.4. The molecule has 4 heteroatoms. The molecule has 1 N–H and O–H groups in total. The first kappa shape index (κ1) is 18.1. The number of rotatable bonds is 10. The van der Waals surface area contributed by atoms with E-state index in [4.69, 9.17) is 0 Å². The fourth-order valence-electron chi connectivity index (χ4n) is 2.17. The van der Waals surface area contributed by atoms with Gasteiger partial charge in [-0.15, -0.1) is 0 Å². The van der Waals surface area contributed by atoms with E-state index in [2.05, 4.69) is 67.2 Å². The second-order valence-corrected chi connectivity index (χ2v) is 6.58. The van der Waals surface area contributed by atoms with Gasteiger partial charge >= 0.3 is 0 Å². The van der Waals surface area contributed by atoms with Crippen LogP contribution in [0, 0.1) is 5.92 Å². The molecule has 0 amide bonds. The highest BCUT2D eigenvalue weighted by Crippen LogP contribution is 2.04. The lowest BCUT2D eigenvalue weighted by molar-refractivity contribution is 0.292. The van der Waals surface area contributed by atoms with Gasteiger partial charge in [0, 0.05) is 19.3 Å². The second kappa shape index (κ2) is 9.87. The van der Waals surface area contributed by atoms with Crippen molar-refractivity contribution in [2.24, 2.45) is 5.92 Å². The number of nitrogens with one attached hydrogen (secondary N) is 1. The zero-order chi connectivity index (χ0) is 15.7. The zero-order valence-corrected chi connectivity index (χ0v) is 14.4. The minimum Gasteiger partial charge on any atom is -0.312 e. The molecular weight excluding hydrogens is 260 g/mol. The molecule has 0 atom stereocenters. The van der Waals surface area contributed by atoms with E-state index in [9.17, 15) is 0 Å². The summed E-state index contributed by atoms with van der Waals surface area (Å²) in [4.78, 5) is 9.13. The van der Waals surface area contributed by atoms with Crippen molar-refractivity contribution in [3.05, 3.63) is 29.6 Å². The summed E-state index contributed by atoms with van der Waals surface area (Å²) in [5, 5.41) is 3.44. The van der Waals surface area contributed by atoms with Crippen molar-refractivity contribution in [2.75, 3.05) is 40.8 Å². The highest BCUT2D eigenvalue weighted by atomic mass is 15.1.